The highest BCUT2D eigenvalue weighted by Crippen LogP contribution is 2.41. The number of aliphatic hydroxyl groups excluding tert-OH is 1. The van der Waals surface area contributed by atoms with Gasteiger partial charge in [-0.3, -0.25) is 0 Å². The maximum absolute atomic E-state index is 9.91. The van der Waals surface area contributed by atoms with Crippen LogP contribution in [0, 0.1) is 11.3 Å². The number of aromatic hydroxyl groups is 1. The van der Waals surface area contributed by atoms with Gasteiger partial charge in [0.15, 0.2) is 0 Å². The zero-order chi connectivity index (χ0) is 15.3. The molecule has 0 aromatic heterocycles. The fraction of sp³-hybridized carbons (Fsp3) is 0.389. The Hall–Kier alpha value is -2.21. The number of rotatable bonds is 5. The van der Waals surface area contributed by atoms with E-state index in [1.807, 2.05) is 18.2 Å². The fourth-order valence-corrected chi connectivity index (χ4v) is 2.85. The third-order valence-electron chi connectivity index (χ3n) is 4.13. The number of hydrogen-bond donors (Lipinski definition) is 2. The van der Waals surface area contributed by atoms with Gasteiger partial charge < -0.3 is 10.2 Å². The average Bonchev–Trinajstić information content (AvgIpc) is 2.51. The van der Waals surface area contributed by atoms with Crippen molar-refractivity contribution in [1.82, 2.24) is 0 Å². The molecule has 1 atom stereocenters. The summed E-state index contributed by atoms with van der Waals surface area (Å²) in [6.45, 7) is 2.11. The van der Waals surface area contributed by atoms with Gasteiger partial charge in [0.1, 0.15) is 11.2 Å². The monoisotopic (exact) mass is 283 g/mol. The molecule has 2 rings (SSSR count). The summed E-state index contributed by atoms with van der Waals surface area (Å²) in [7, 11) is 0. The molecule has 0 fully saturated rings. The van der Waals surface area contributed by atoms with E-state index in [0.717, 1.165) is 30.4 Å². The minimum atomic E-state index is -0.666. The lowest BCUT2D eigenvalue weighted by atomic mass is 9.69. The van der Waals surface area contributed by atoms with E-state index in [4.69, 9.17) is 0 Å². The van der Waals surface area contributed by atoms with Gasteiger partial charge in [-0.05, 0) is 42.2 Å². The summed E-state index contributed by atoms with van der Waals surface area (Å²) in [5.41, 5.74) is 1.29. The minimum absolute atomic E-state index is 0.205. The number of hydrogen-bond acceptors (Lipinski definition) is 3. The van der Waals surface area contributed by atoms with Crippen LogP contribution in [0.15, 0.2) is 47.7 Å². The number of allylic oxidation sites excluding steroid dienone is 4. The number of nitrogens with zero attached hydrogens (tertiary/aromatic N) is 1. The molecule has 1 aliphatic carbocycles. The Morgan fingerprint density at radius 1 is 1.14 bits per heavy atom. The Kier molecular flexibility index (Phi) is 4.70. The van der Waals surface area contributed by atoms with Crippen LogP contribution in [0.1, 0.15) is 44.6 Å². The van der Waals surface area contributed by atoms with Crippen molar-refractivity contribution >= 4 is 0 Å². The Balaban J connectivity index is 2.48. The first-order valence-corrected chi connectivity index (χ1v) is 7.42. The lowest BCUT2D eigenvalue weighted by Crippen LogP contribution is -2.28. The molecule has 0 saturated carbocycles. The van der Waals surface area contributed by atoms with Crippen molar-refractivity contribution < 1.29 is 10.2 Å². The zero-order valence-corrected chi connectivity index (χ0v) is 12.3. The molecular formula is C18H21NO2. The molecule has 3 nitrogen and oxygen atoms in total. The second-order valence-electron chi connectivity index (χ2n) is 5.52. The Bertz CT molecular complexity index is 593. The predicted octanol–water partition coefficient (Wildman–Crippen LogP) is 4.51. The SMILES string of the molecule is CCCCC(C#N)(C1=CC=C(O)CC1)c1ccc(O)cc1. The molecule has 1 aliphatic rings. The van der Waals surface area contributed by atoms with Gasteiger partial charge in [0, 0.05) is 6.42 Å². The number of phenolic OH excluding ortho intramolecular Hbond substituents is 1. The van der Waals surface area contributed by atoms with Gasteiger partial charge >= 0.3 is 0 Å². The number of phenols is 1. The molecule has 1 aromatic rings. The summed E-state index contributed by atoms with van der Waals surface area (Å²) in [6, 6.07) is 9.42. The lowest BCUT2D eigenvalue weighted by Gasteiger charge is -2.31. The van der Waals surface area contributed by atoms with E-state index in [2.05, 4.69) is 13.0 Å². The molecule has 3 heteroatoms. The number of benzene rings is 1. The quantitative estimate of drug-likeness (QED) is 0.835. The first-order chi connectivity index (χ1) is 10.1. The molecule has 0 heterocycles. The van der Waals surface area contributed by atoms with E-state index >= 15 is 0 Å². The molecule has 0 radical (unpaired) electrons. The molecule has 1 aromatic carbocycles. The molecule has 1 unspecified atom stereocenters. The second-order valence-corrected chi connectivity index (χ2v) is 5.52. The van der Waals surface area contributed by atoms with Crippen molar-refractivity contribution in [2.75, 3.05) is 0 Å². The van der Waals surface area contributed by atoms with Crippen LogP contribution in [0.4, 0.5) is 0 Å². The molecule has 2 N–H and O–H groups in total. The van der Waals surface area contributed by atoms with Gasteiger partial charge in [-0.15, -0.1) is 0 Å². The van der Waals surface area contributed by atoms with E-state index < -0.39 is 5.41 Å². The molecule has 0 aliphatic heterocycles. The summed E-state index contributed by atoms with van der Waals surface area (Å²) in [4.78, 5) is 0. The standard InChI is InChI=1S/C18H21NO2/c1-2-3-12-18(13-19,14-4-8-16(20)9-5-14)15-6-10-17(21)11-7-15/h4-6,8-10,20-21H,2-3,7,11-12H2,1H3. The van der Waals surface area contributed by atoms with Gasteiger partial charge in [-0.25, -0.2) is 0 Å². The van der Waals surface area contributed by atoms with Gasteiger partial charge in [0.2, 0.25) is 0 Å². The second kappa shape index (κ2) is 6.49. The third kappa shape index (κ3) is 3.11. The highest BCUT2D eigenvalue weighted by Gasteiger charge is 2.36. The van der Waals surface area contributed by atoms with Crippen LogP contribution in [0.25, 0.3) is 0 Å². The van der Waals surface area contributed by atoms with Crippen molar-refractivity contribution in [3.05, 3.63) is 53.3 Å². The van der Waals surface area contributed by atoms with Crippen LogP contribution in [0.3, 0.4) is 0 Å². The van der Waals surface area contributed by atoms with E-state index in [9.17, 15) is 15.5 Å². The van der Waals surface area contributed by atoms with Gasteiger partial charge in [-0.2, -0.15) is 5.26 Å². The Morgan fingerprint density at radius 2 is 1.86 bits per heavy atom. The van der Waals surface area contributed by atoms with Crippen LogP contribution in [0.5, 0.6) is 5.75 Å². The highest BCUT2D eigenvalue weighted by atomic mass is 16.3. The van der Waals surface area contributed by atoms with Crippen molar-refractivity contribution in [1.29, 1.82) is 5.26 Å². The number of unbranched alkanes of at least 4 members (excludes halogenated alkanes) is 1. The summed E-state index contributed by atoms with van der Waals surface area (Å²) >= 11 is 0. The van der Waals surface area contributed by atoms with Crippen LogP contribution in [-0.4, -0.2) is 10.2 Å². The Labute approximate surface area is 125 Å². The van der Waals surface area contributed by atoms with Crippen molar-refractivity contribution in [3.63, 3.8) is 0 Å². The van der Waals surface area contributed by atoms with Gasteiger partial charge in [-0.1, -0.05) is 38.0 Å². The van der Waals surface area contributed by atoms with Crippen molar-refractivity contribution in [2.45, 2.75) is 44.4 Å². The minimum Gasteiger partial charge on any atom is -0.512 e. The summed E-state index contributed by atoms with van der Waals surface area (Å²) in [5, 5.41) is 28.9. The molecule has 110 valence electrons. The fourth-order valence-electron chi connectivity index (χ4n) is 2.85. The summed E-state index contributed by atoms with van der Waals surface area (Å²) in [6.07, 6.45) is 7.59. The normalized spacial score (nSPS) is 17.3. The Morgan fingerprint density at radius 3 is 2.38 bits per heavy atom. The smallest absolute Gasteiger partial charge is 0.115 e. The van der Waals surface area contributed by atoms with Gasteiger partial charge in [0.25, 0.3) is 0 Å². The van der Waals surface area contributed by atoms with E-state index in [1.54, 1.807) is 18.2 Å². The number of aliphatic hydroxyl groups is 1. The molecule has 0 amide bonds. The maximum Gasteiger partial charge on any atom is 0.115 e. The molecule has 0 saturated heterocycles. The largest absolute Gasteiger partial charge is 0.512 e. The van der Waals surface area contributed by atoms with Gasteiger partial charge in [0.05, 0.1) is 11.8 Å². The van der Waals surface area contributed by atoms with E-state index in [1.165, 1.54) is 0 Å². The van der Waals surface area contributed by atoms with E-state index in [0.29, 0.717) is 18.6 Å². The number of nitriles is 1. The predicted molar refractivity (Wildman–Crippen MR) is 83.0 cm³/mol. The van der Waals surface area contributed by atoms with Crippen LogP contribution in [0.2, 0.25) is 0 Å². The van der Waals surface area contributed by atoms with E-state index in [-0.39, 0.29) is 5.75 Å². The molecule has 0 spiro atoms. The molecule has 21 heavy (non-hydrogen) atoms. The summed E-state index contributed by atoms with van der Waals surface area (Å²) in [5.74, 6) is 0.572. The average molecular weight is 283 g/mol. The van der Waals surface area contributed by atoms with Crippen LogP contribution < -0.4 is 0 Å². The molecule has 0 bridgehead atoms. The first-order valence-electron chi connectivity index (χ1n) is 7.42. The molecular weight excluding hydrogens is 262 g/mol. The first kappa shape index (κ1) is 15.2. The zero-order valence-electron chi connectivity index (χ0n) is 12.3. The van der Waals surface area contributed by atoms with Crippen molar-refractivity contribution in [3.8, 4) is 11.8 Å². The van der Waals surface area contributed by atoms with Crippen LogP contribution in [-0.2, 0) is 5.41 Å². The van der Waals surface area contributed by atoms with Crippen molar-refractivity contribution in [2.24, 2.45) is 0 Å². The summed E-state index contributed by atoms with van der Waals surface area (Å²) < 4.78 is 0. The maximum atomic E-state index is 9.91. The topological polar surface area (TPSA) is 64.2 Å². The third-order valence-corrected chi connectivity index (χ3v) is 4.13. The van der Waals surface area contributed by atoms with Crippen LogP contribution >= 0.6 is 0 Å². The lowest BCUT2D eigenvalue weighted by molar-refractivity contribution is 0.380. The highest BCUT2D eigenvalue weighted by molar-refractivity contribution is 5.47.